The zero-order valence-electron chi connectivity index (χ0n) is 15.2. The Hall–Kier alpha value is -3.18. The van der Waals surface area contributed by atoms with E-state index < -0.39 is 0 Å². The zero-order chi connectivity index (χ0) is 19.2. The van der Waals surface area contributed by atoms with Crippen molar-refractivity contribution in [3.63, 3.8) is 0 Å². The van der Waals surface area contributed by atoms with Crippen LogP contribution in [-0.4, -0.2) is 15.9 Å². The van der Waals surface area contributed by atoms with Gasteiger partial charge in [0, 0.05) is 22.9 Å². The summed E-state index contributed by atoms with van der Waals surface area (Å²) in [4.78, 5) is 21.2. The number of carbonyl (C=O) groups excluding carboxylic acids is 1. The number of nitrogens with one attached hydrogen (secondary N) is 1. The van der Waals surface area contributed by atoms with E-state index in [0.717, 1.165) is 32.9 Å². The van der Waals surface area contributed by atoms with Gasteiger partial charge in [-0.15, -0.1) is 11.8 Å². The summed E-state index contributed by atoms with van der Waals surface area (Å²) in [5.41, 5.74) is 3.65. The number of hydrogen-bond donors (Lipinski definition) is 1. The van der Waals surface area contributed by atoms with Crippen molar-refractivity contribution in [2.75, 3.05) is 0 Å². The smallest absolute Gasteiger partial charge is 0.251 e. The third-order valence-corrected chi connectivity index (χ3v) is 5.33. The summed E-state index contributed by atoms with van der Waals surface area (Å²) in [6, 6.07) is 25.6. The van der Waals surface area contributed by atoms with E-state index in [2.05, 4.69) is 27.4 Å². The van der Waals surface area contributed by atoms with Gasteiger partial charge in [0.25, 0.3) is 5.91 Å². The first-order chi connectivity index (χ1) is 13.8. The standard InChI is InChI=1S/C23H19N3OS/c27-23(25-15-20-6-3-4-14-24-20)19-10-8-17(9-11-19)16-28-22-13-12-18-5-1-2-7-21(18)26-22/h1-14H,15-16H2,(H,25,27). The highest BCUT2D eigenvalue weighted by Crippen LogP contribution is 2.23. The minimum absolute atomic E-state index is 0.0962. The van der Waals surface area contributed by atoms with Crippen LogP contribution < -0.4 is 5.32 Å². The second kappa shape index (κ2) is 8.67. The second-order valence-corrected chi connectivity index (χ2v) is 7.33. The number of amides is 1. The topological polar surface area (TPSA) is 54.9 Å². The lowest BCUT2D eigenvalue weighted by Gasteiger charge is -2.06. The van der Waals surface area contributed by atoms with E-state index in [4.69, 9.17) is 0 Å². The van der Waals surface area contributed by atoms with E-state index in [1.165, 1.54) is 0 Å². The van der Waals surface area contributed by atoms with Crippen LogP contribution in [0.2, 0.25) is 0 Å². The minimum Gasteiger partial charge on any atom is -0.346 e. The molecule has 0 unspecified atom stereocenters. The molecule has 0 aliphatic heterocycles. The molecule has 4 nitrogen and oxygen atoms in total. The highest BCUT2D eigenvalue weighted by Gasteiger charge is 2.06. The maximum absolute atomic E-state index is 12.3. The summed E-state index contributed by atoms with van der Waals surface area (Å²) < 4.78 is 0. The highest BCUT2D eigenvalue weighted by atomic mass is 32.2. The number of nitrogens with zero attached hydrogens (tertiary/aromatic N) is 2. The first-order valence-electron chi connectivity index (χ1n) is 9.03. The van der Waals surface area contributed by atoms with Crippen molar-refractivity contribution in [2.45, 2.75) is 17.3 Å². The number of thioether (sulfide) groups is 1. The first kappa shape index (κ1) is 18.2. The maximum Gasteiger partial charge on any atom is 0.251 e. The zero-order valence-corrected chi connectivity index (χ0v) is 16.0. The van der Waals surface area contributed by atoms with Gasteiger partial charge in [0.2, 0.25) is 0 Å². The predicted molar refractivity (Wildman–Crippen MR) is 113 cm³/mol. The molecule has 2 aromatic carbocycles. The maximum atomic E-state index is 12.3. The van der Waals surface area contributed by atoms with Crippen molar-refractivity contribution < 1.29 is 4.79 Å². The van der Waals surface area contributed by atoms with Crippen LogP contribution in [-0.2, 0) is 12.3 Å². The Bertz CT molecular complexity index is 1080. The number of fused-ring (bicyclic) bond motifs is 1. The average Bonchev–Trinajstić information content (AvgIpc) is 2.77. The molecular formula is C23H19N3OS. The van der Waals surface area contributed by atoms with Crippen LogP contribution in [0.3, 0.4) is 0 Å². The molecule has 0 atom stereocenters. The molecule has 0 saturated carbocycles. The Morgan fingerprint density at radius 1 is 0.893 bits per heavy atom. The van der Waals surface area contributed by atoms with Gasteiger partial charge in [0.1, 0.15) is 0 Å². The van der Waals surface area contributed by atoms with Crippen LogP contribution in [0.25, 0.3) is 10.9 Å². The molecule has 4 rings (SSSR count). The van der Waals surface area contributed by atoms with Crippen LogP contribution in [0.15, 0.2) is 90.1 Å². The monoisotopic (exact) mass is 385 g/mol. The molecule has 1 amide bonds. The minimum atomic E-state index is -0.0962. The molecule has 2 aromatic heterocycles. The van der Waals surface area contributed by atoms with Gasteiger partial charge in [0.05, 0.1) is 22.8 Å². The van der Waals surface area contributed by atoms with Crippen LogP contribution >= 0.6 is 11.8 Å². The average molecular weight is 385 g/mol. The molecule has 0 saturated heterocycles. The second-order valence-electron chi connectivity index (χ2n) is 6.33. The molecule has 28 heavy (non-hydrogen) atoms. The number of aromatic nitrogens is 2. The van der Waals surface area contributed by atoms with E-state index in [9.17, 15) is 4.79 Å². The Morgan fingerprint density at radius 2 is 1.71 bits per heavy atom. The van der Waals surface area contributed by atoms with Crippen LogP contribution in [0.5, 0.6) is 0 Å². The van der Waals surface area contributed by atoms with E-state index in [0.29, 0.717) is 12.1 Å². The van der Waals surface area contributed by atoms with Gasteiger partial charge >= 0.3 is 0 Å². The third kappa shape index (κ3) is 4.56. The molecule has 0 spiro atoms. The Kier molecular flexibility index (Phi) is 5.64. The molecule has 0 aliphatic rings. The molecule has 138 valence electrons. The van der Waals surface area contributed by atoms with Gasteiger partial charge < -0.3 is 5.32 Å². The molecule has 0 fully saturated rings. The lowest BCUT2D eigenvalue weighted by molar-refractivity contribution is 0.0950. The fraction of sp³-hybridized carbons (Fsp3) is 0.0870. The Morgan fingerprint density at radius 3 is 2.54 bits per heavy atom. The summed E-state index contributed by atoms with van der Waals surface area (Å²) in [6.07, 6.45) is 1.72. The van der Waals surface area contributed by atoms with Crippen molar-refractivity contribution in [1.29, 1.82) is 0 Å². The van der Waals surface area contributed by atoms with Gasteiger partial charge in [-0.3, -0.25) is 9.78 Å². The van der Waals surface area contributed by atoms with Crippen molar-refractivity contribution in [1.82, 2.24) is 15.3 Å². The summed E-state index contributed by atoms with van der Waals surface area (Å²) in [5.74, 6) is 0.710. The number of carbonyl (C=O) groups is 1. The normalized spacial score (nSPS) is 10.7. The summed E-state index contributed by atoms with van der Waals surface area (Å²) in [7, 11) is 0. The molecule has 5 heteroatoms. The number of hydrogen-bond acceptors (Lipinski definition) is 4. The number of pyridine rings is 2. The van der Waals surface area contributed by atoms with Crippen molar-refractivity contribution >= 4 is 28.6 Å². The van der Waals surface area contributed by atoms with Crippen molar-refractivity contribution in [3.8, 4) is 0 Å². The molecule has 0 radical (unpaired) electrons. The van der Waals surface area contributed by atoms with Gasteiger partial charge in [-0.25, -0.2) is 4.98 Å². The van der Waals surface area contributed by atoms with E-state index in [1.807, 2.05) is 66.7 Å². The van der Waals surface area contributed by atoms with Gasteiger partial charge in [-0.05, 0) is 42.0 Å². The van der Waals surface area contributed by atoms with Crippen LogP contribution in [0.1, 0.15) is 21.6 Å². The van der Waals surface area contributed by atoms with E-state index in [-0.39, 0.29) is 5.91 Å². The van der Waals surface area contributed by atoms with Crippen LogP contribution in [0, 0.1) is 0 Å². The number of rotatable bonds is 6. The molecular weight excluding hydrogens is 366 g/mol. The Labute approximate surface area is 168 Å². The SMILES string of the molecule is O=C(NCc1ccccn1)c1ccc(CSc2ccc3ccccc3n2)cc1. The molecule has 2 heterocycles. The lowest BCUT2D eigenvalue weighted by atomic mass is 10.1. The van der Waals surface area contributed by atoms with E-state index >= 15 is 0 Å². The van der Waals surface area contributed by atoms with Gasteiger partial charge in [0.15, 0.2) is 0 Å². The van der Waals surface area contributed by atoms with Gasteiger partial charge in [-0.2, -0.15) is 0 Å². The van der Waals surface area contributed by atoms with E-state index in [1.54, 1.807) is 18.0 Å². The van der Waals surface area contributed by atoms with Crippen molar-refractivity contribution in [3.05, 3.63) is 102 Å². The molecule has 1 N–H and O–H groups in total. The Balaban J connectivity index is 1.34. The third-order valence-electron chi connectivity index (χ3n) is 4.33. The van der Waals surface area contributed by atoms with Gasteiger partial charge in [-0.1, -0.05) is 42.5 Å². The largest absolute Gasteiger partial charge is 0.346 e. The lowest BCUT2D eigenvalue weighted by Crippen LogP contribution is -2.23. The fourth-order valence-electron chi connectivity index (χ4n) is 2.81. The fourth-order valence-corrected chi connectivity index (χ4v) is 3.65. The first-order valence-corrected chi connectivity index (χ1v) is 10.0. The predicted octanol–water partition coefficient (Wildman–Crippen LogP) is 4.85. The highest BCUT2D eigenvalue weighted by molar-refractivity contribution is 7.98. The van der Waals surface area contributed by atoms with Crippen molar-refractivity contribution in [2.24, 2.45) is 0 Å². The summed E-state index contributed by atoms with van der Waals surface area (Å²) >= 11 is 1.69. The molecule has 0 aliphatic carbocycles. The number of para-hydroxylation sites is 1. The summed E-state index contributed by atoms with van der Waals surface area (Å²) in [5, 5.41) is 5.04. The molecule has 4 aromatic rings. The van der Waals surface area contributed by atoms with Crippen LogP contribution in [0.4, 0.5) is 0 Å². The quantitative estimate of drug-likeness (QED) is 0.482. The summed E-state index contributed by atoms with van der Waals surface area (Å²) in [6.45, 7) is 0.422. The molecule has 0 bridgehead atoms. The number of benzene rings is 2.